The number of ether oxygens (including phenoxy) is 1. The van der Waals surface area contributed by atoms with Gasteiger partial charge in [-0.05, 0) is 22.0 Å². The highest BCUT2D eigenvalue weighted by Gasteiger charge is 2.20. The van der Waals surface area contributed by atoms with Gasteiger partial charge in [0.05, 0.1) is 22.1 Å². The Hall–Kier alpha value is -1.63. The first kappa shape index (κ1) is 11.4. The highest BCUT2D eigenvalue weighted by Crippen LogP contribution is 2.32. The van der Waals surface area contributed by atoms with Crippen LogP contribution in [0.25, 0.3) is 0 Å². The van der Waals surface area contributed by atoms with Crippen LogP contribution in [-0.4, -0.2) is 18.0 Å². The van der Waals surface area contributed by atoms with Gasteiger partial charge in [-0.15, -0.1) is 0 Å². The maximum atomic E-state index is 11.2. The molecule has 0 aliphatic carbocycles. The molecule has 0 radical (unpaired) electrons. The molecule has 0 aliphatic heterocycles. The quantitative estimate of drug-likeness (QED) is 0.383. The molecule has 0 unspecified atom stereocenters. The van der Waals surface area contributed by atoms with E-state index in [9.17, 15) is 14.9 Å². The smallest absolute Gasteiger partial charge is 0.339 e. The molecule has 0 spiro atoms. The maximum Gasteiger partial charge on any atom is 0.339 e. The summed E-state index contributed by atoms with van der Waals surface area (Å²) >= 11 is 3.01. The van der Waals surface area contributed by atoms with Crippen molar-refractivity contribution < 1.29 is 14.5 Å². The molecule has 0 saturated heterocycles. The predicted molar refractivity (Wildman–Crippen MR) is 56.5 cm³/mol. The monoisotopic (exact) mass is 274 g/mol. The first-order valence-electron chi connectivity index (χ1n) is 3.79. The molecular formula is C8H7BrN2O4. The Kier molecular flexibility index (Phi) is 3.25. The van der Waals surface area contributed by atoms with Crippen molar-refractivity contribution in [3.05, 3.63) is 32.3 Å². The number of anilines is 1. The van der Waals surface area contributed by atoms with Crippen molar-refractivity contribution in [3.63, 3.8) is 0 Å². The van der Waals surface area contributed by atoms with Gasteiger partial charge < -0.3 is 10.5 Å². The van der Waals surface area contributed by atoms with Crippen molar-refractivity contribution in [1.29, 1.82) is 0 Å². The van der Waals surface area contributed by atoms with Gasteiger partial charge in [0.15, 0.2) is 0 Å². The standard InChI is InChI=1S/C8H7BrN2O4/c1-15-8(12)4-2-3-5(11(13)14)7(10)6(4)9/h2-3H,10H2,1H3. The Labute approximate surface area is 93.3 Å². The number of carbonyl (C=O) groups excluding carboxylic acids is 1. The van der Waals surface area contributed by atoms with Crippen LogP contribution < -0.4 is 5.73 Å². The first-order valence-corrected chi connectivity index (χ1v) is 4.59. The highest BCUT2D eigenvalue weighted by atomic mass is 79.9. The molecule has 0 atom stereocenters. The first-order chi connectivity index (χ1) is 6.99. The molecule has 15 heavy (non-hydrogen) atoms. The molecule has 6 nitrogen and oxygen atoms in total. The third-order valence-electron chi connectivity index (χ3n) is 1.76. The van der Waals surface area contributed by atoms with Gasteiger partial charge in [0.25, 0.3) is 5.69 Å². The Morgan fingerprint density at radius 3 is 2.67 bits per heavy atom. The summed E-state index contributed by atoms with van der Waals surface area (Å²) in [5.41, 5.74) is 5.28. The summed E-state index contributed by atoms with van der Waals surface area (Å²) in [4.78, 5) is 21.1. The zero-order chi connectivity index (χ0) is 11.6. The fraction of sp³-hybridized carbons (Fsp3) is 0.125. The van der Waals surface area contributed by atoms with E-state index in [-0.39, 0.29) is 21.4 Å². The summed E-state index contributed by atoms with van der Waals surface area (Å²) < 4.78 is 4.65. The number of esters is 1. The largest absolute Gasteiger partial charge is 0.465 e. The van der Waals surface area contributed by atoms with E-state index in [1.807, 2.05) is 0 Å². The molecule has 0 fully saturated rings. The average molecular weight is 275 g/mol. The van der Waals surface area contributed by atoms with E-state index in [0.29, 0.717) is 0 Å². The molecule has 0 heterocycles. The van der Waals surface area contributed by atoms with Crippen LogP contribution in [0.3, 0.4) is 0 Å². The number of nitro benzene ring substituents is 1. The number of nitrogen functional groups attached to an aromatic ring is 1. The number of nitro groups is 1. The van der Waals surface area contributed by atoms with Gasteiger partial charge in [-0.1, -0.05) is 0 Å². The Bertz CT molecular complexity index is 433. The summed E-state index contributed by atoms with van der Waals surface area (Å²) in [6.45, 7) is 0. The van der Waals surface area contributed by atoms with Crippen molar-refractivity contribution in [2.45, 2.75) is 0 Å². The zero-order valence-electron chi connectivity index (χ0n) is 7.69. The molecular weight excluding hydrogens is 268 g/mol. The molecule has 0 bridgehead atoms. The van der Waals surface area contributed by atoms with Crippen molar-refractivity contribution in [3.8, 4) is 0 Å². The van der Waals surface area contributed by atoms with Crippen LogP contribution in [0.15, 0.2) is 16.6 Å². The van der Waals surface area contributed by atoms with Gasteiger partial charge in [-0.3, -0.25) is 10.1 Å². The summed E-state index contributed by atoms with van der Waals surface area (Å²) in [6, 6.07) is 2.44. The van der Waals surface area contributed by atoms with Crippen LogP contribution in [0.1, 0.15) is 10.4 Å². The molecule has 2 N–H and O–H groups in total. The number of rotatable bonds is 2. The van der Waals surface area contributed by atoms with Gasteiger partial charge in [0, 0.05) is 6.07 Å². The Morgan fingerprint density at radius 1 is 1.60 bits per heavy atom. The van der Waals surface area contributed by atoms with Gasteiger partial charge in [0.2, 0.25) is 0 Å². The van der Waals surface area contributed by atoms with Crippen molar-refractivity contribution in [1.82, 2.24) is 0 Å². The normalized spacial score (nSPS) is 9.73. The van der Waals surface area contributed by atoms with Crippen LogP contribution in [0.2, 0.25) is 0 Å². The molecule has 7 heteroatoms. The van der Waals surface area contributed by atoms with E-state index >= 15 is 0 Å². The van der Waals surface area contributed by atoms with E-state index in [1.165, 1.54) is 13.2 Å². The molecule has 0 saturated carbocycles. The minimum Gasteiger partial charge on any atom is -0.465 e. The number of nitrogens with zero attached hydrogens (tertiary/aromatic N) is 1. The van der Waals surface area contributed by atoms with E-state index in [1.54, 1.807) is 0 Å². The van der Waals surface area contributed by atoms with E-state index in [4.69, 9.17) is 5.73 Å². The number of hydrogen-bond donors (Lipinski definition) is 1. The molecule has 1 aromatic carbocycles. The van der Waals surface area contributed by atoms with Crippen LogP contribution in [-0.2, 0) is 4.74 Å². The van der Waals surface area contributed by atoms with Crippen molar-refractivity contribution in [2.24, 2.45) is 0 Å². The molecule has 0 aliphatic rings. The van der Waals surface area contributed by atoms with Gasteiger partial charge in [-0.25, -0.2) is 4.79 Å². The highest BCUT2D eigenvalue weighted by molar-refractivity contribution is 9.10. The van der Waals surface area contributed by atoms with Crippen molar-refractivity contribution >= 4 is 33.3 Å². The third kappa shape index (κ3) is 2.07. The Balaban J connectivity index is 3.33. The number of carbonyl (C=O) groups is 1. The lowest BCUT2D eigenvalue weighted by molar-refractivity contribution is -0.384. The predicted octanol–water partition coefficient (Wildman–Crippen LogP) is 1.73. The van der Waals surface area contributed by atoms with Crippen LogP contribution in [0.4, 0.5) is 11.4 Å². The number of methoxy groups -OCH3 is 1. The summed E-state index contributed by atoms with van der Waals surface area (Å²) in [6.07, 6.45) is 0. The second-order valence-corrected chi connectivity index (χ2v) is 3.40. The van der Waals surface area contributed by atoms with Crippen LogP contribution in [0.5, 0.6) is 0 Å². The number of nitrogens with two attached hydrogens (primary N) is 1. The summed E-state index contributed by atoms with van der Waals surface area (Å²) in [7, 11) is 1.21. The lowest BCUT2D eigenvalue weighted by Gasteiger charge is -2.05. The molecule has 0 aromatic heterocycles. The van der Waals surface area contributed by atoms with Crippen LogP contribution >= 0.6 is 15.9 Å². The summed E-state index contributed by atoms with van der Waals surface area (Å²) in [5, 5.41) is 10.5. The topological polar surface area (TPSA) is 95.5 Å². The summed E-state index contributed by atoms with van der Waals surface area (Å²) in [5.74, 6) is -0.608. The number of hydrogen-bond acceptors (Lipinski definition) is 5. The minimum atomic E-state index is -0.624. The lowest BCUT2D eigenvalue weighted by Crippen LogP contribution is -2.05. The second-order valence-electron chi connectivity index (χ2n) is 2.61. The zero-order valence-corrected chi connectivity index (χ0v) is 9.28. The number of halogens is 1. The third-order valence-corrected chi connectivity index (χ3v) is 2.61. The van der Waals surface area contributed by atoms with E-state index in [0.717, 1.165) is 6.07 Å². The maximum absolute atomic E-state index is 11.2. The molecule has 1 aromatic rings. The molecule has 1 rings (SSSR count). The van der Waals surface area contributed by atoms with E-state index in [2.05, 4.69) is 20.7 Å². The van der Waals surface area contributed by atoms with Gasteiger partial charge >= 0.3 is 5.97 Å². The van der Waals surface area contributed by atoms with Gasteiger partial charge in [0.1, 0.15) is 5.69 Å². The molecule has 0 amide bonds. The van der Waals surface area contributed by atoms with Gasteiger partial charge in [-0.2, -0.15) is 0 Å². The fourth-order valence-corrected chi connectivity index (χ4v) is 1.51. The van der Waals surface area contributed by atoms with E-state index < -0.39 is 10.9 Å². The lowest BCUT2D eigenvalue weighted by atomic mass is 10.2. The van der Waals surface area contributed by atoms with Crippen molar-refractivity contribution in [2.75, 3.05) is 12.8 Å². The second kappa shape index (κ2) is 4.26. The minimum absolute atomic E-state index is 0.0945. The fourth-order valence-electron chi connectivity index (χ4n) is 1.01. The SMILES string of the molecule is COC(=O)c1ccc([N+](=O)[O-])c(N)c1Br. The Morgan fingerprint density at radius 2 is 2.20 bits per heavy atom. The molecule has 80 valence electrons. The average Bonchev–Trinajstić information content (AvgIpc) is 2.20. The number of benzene rings is 1. The van der Waals surface area contributed by atoms with Crippen LogP contribution in [0, 0.1) is 10.1 Å².